The van der Waals surface area contributed by atoms with E-state index in [2.05, 4.69) is 73.2 Å². The molecule has 4 aromatic carbocycles. The predicted molar refractivity (Wildman–Crippen MR) is 121 cm³/mol. The summed E-state index contributed by atoms with van der Waals surface area (Å²) < 4.78 is 0. The van der Waals surface area contributed by atoms with Gasteiger partial charge in [-0.3, -0.25) is 0 Å². The number of aryl methyl sites for hydroxylation is 2. The molecule has 1 aliphatic carbocycles. The Balaban J connectivity index is 1.47. The van der Waals surface area contributed by atoms with Gasteiger partial charge in [-0.05, 0) is 83.4 Å². The van der Waals surface area contributed by atoms with Gasteiger partial charge in [-0.15, -0.1) is 0 Å². The number of rotatable bonds is 4. The highest BCUT2D eigenvalue weighted by atomic mass is 14.5. The molecule has 1 heteroatoms. The fourth-order valence-electron chi connectivity index (χ4n) is 4.90. The van der Waals surface area contributed by atoms with Crippen molar-refractivity contribution < 1.29 is 0 Å². The maximum Gasteiger partial charge on any atom is 0.0393 e. The Bertz CT molecular complexity index is 1130. The van der Waals surface area contributed by atoms with Crippen molar-refractivity contribution in [3.63, 3.8) is 0 Å². The molecule has 0 saturated heterocycles. The lowest BCUT2D eigenvalue weighted by molar-refractivity contribution is 0.588. The summed E-state index contributed by atoms with van der Waals surface area (Å²) in [6.45, 7) is 0. The van der Waals surface area contributed by atoms with Crippen LogP contribution in [0.5, 0.6) is 0 Å². The third-order valence-electron chi connectivity index (χ3n) is 6.31. The Kier molecular flexibility index (Phi) is 4.52. The highest BCUT2D eigenvalue weighted by Crippen LogP contribution is 2.40. The van der Waals surface area contributed by atoms with Crippen LogP contribution < -0.4 is 5.73 Å². The highest BCUT2D eigenvalue weighted by molar-refractivity contribution is 6.12. The second-order valence-corrected chi connectivity index (χ2v) is 8.00. The SMILES string of the molecule is Nc1cccc2c1ccc1c3c(ccc12)C([CH]CCc1ccccc1)CCC3. The van der Waals surface area contributed by atoms with Crippen LogP contribution in [0.4, 0.5) is 5.69 Å². The topological polar surface area (TPSA) is 26.0 Å². The summed E-state index contributed by atoms with van der Waals surface area (Å²) in [6, 6.07) is 26.3. The second kappa shape index (κ2) is 7.31. The summed E-state index contributed by atoms with van der Waals surface area (Å²) in [5, 5.41) is 5.19. The minimum atomic E-state index is 0.577. The van der Waals surface area contributed by atoms with Gasteiger partial charge in [0.05, 0.1) is 0 Å². The number of nitrogens with two attached hydrogens (primary N) is 1. The largest absolute Gasteiger partial charge is 0.398 e. The molecule has 0 amide bonds. The van der Waals surface area contributed by atoms with Crippen molar-refractivity contribution in [2.75, 3.05) is 5.73 Å². The van der Waals surface area contributed by atoms with Crippen LogP contribution in [0.25, 0.3) is 21.5 Å². The van der Waals surface area contributed by atoms with Gasteiger partial charge in [0, 0.05) is 11.1 Å². The Morgan fingerprint density at radius 3 is 2.46 bits per heavy atom. The molecule has 0 fully saturated rings. The molecule has 1 unspecified atom stereocenters. The van der Waals surface area contributed by atoms with Crippen molar-refractivity contribution in [1.29, 1.82) is 0 Å². The van der Waals surface area contributed by atoms with E-state index in [-0.39, 0.29) is 0 Å². The van der Waals surface area contributed by atoms with E-state index in [0.29, 0.717) is 5.92 Å². The first kappa shape index (κ1) is 17.3. The highest BCUT2D eigenvalue weighted by Gasteiger charge is 2.22. The molecule has 1 nitrogen and oxygen atoms in total. The molecule has 0 spiro atoms. The Morgan fingerprint density at radius 2 is 1.57 bits per heavy atom. The molecular weight excluding hydrogens is 338 g/mol. The van der Waals surface area contributed by atoms with Gasteiger partial charge < -0.3 is 5.73 Å². The Labute approximate surface area is 167 Å². The van der Waals surface area contributed by atoms with E-state index >= 15 is 0 Å². The van der Waals surface area contributed by atoms with Crippen molar-refractivity contribution in [1.82, 2.24) is 0 Å². The summed E-state index contributed by atoms with van der Waals surface area (Å²) in [4.78, 5) is 0. The average Bonchev–Trinajstić information content (AvgIpc) is 2.74. The van der Waals surface area contributed by atoms with Gasteiger partial charge in [0.2, 0.25) is 0 Å². The van der Waals surface area contributed by atoms with E-state index < -0.39 is 0 Å². The van der Waals surface area contributed by atoms with Crippen LogP contribution in [0, 0.1) is 6.42 Å². The van der Waals surface area contributed by atoms with Crippen molar-refractivity contribution in [3.05, 3.63) is 95.9 Å². The average molecular weight is 365 g/mol. The van der Waals surface area contributed by atoms with Crippen molar-refractivity contribution in [2.45, 2.75) is 38.0 Å². The van der Waals surface area contributed by atoms with Crippen molar-refractivity contribution in [2.24, 2.45) is 0 Å². The first-order chi connectivity index (χ1) is 13.8. The quantitative estimate of drug-likeness (QED) is 0.311. The van der Waals surface area contributed by atoms with Crippen LogP contribution in [0.15, 0.2) is 72.8 Å². The molecule has 1 radical (unpaired) electrons. The fourth-order valence-corrected chi connectivity index (χ4v) is 4.90. The zero-order valence-corrected chi connectivity index (χ0v) is 16.2. The maximum atomic E-state index is 6.20. The number of hydrogen-bond acceptors (Lipinski definition) is 1. The zero-order chi connectivity index (χ0) is 18.9. The summed E-state index contributed by atoms with van der Waals surface area (Å²) in [5.74, 6) is 0.577. The van der Waals surface area contributed by atoms with Crippen LogP contribution in [-0.4, -0.2) is 0 Å². The van der Waals surface area contributed by atoms with E-state index in [1.807, 2.05) is 6.07 Å². The van der Waals surface area contributed by atoms with E-state index in [9.17, 15) is 0 Å². The van der Waals surface area contributed by atoms with Gasteiger partial charge in [0.25, 0.3) is 0 Å². The zero-order valence-electron chi connectivity index (χ0n) is 16.2. The van der Waals surface area contributed by atoms with Gasteiger partial charge >= 0.3 is 0 Å². The monoisotopic (exact) mass is 364 g/mol. The molecule has 0 heterocycles. The van der Waals surface area contributed by atoms with Crippen LogP contribution >= 0.6 is 0 Å². The molecule has 0 aliphatic heterocycles. The lowest BCUT2D eigenvalue weighted by Crippen LogP contribution is -2.11. The minimum Gasteiger partial charge on any atom is -0.398 e. The molecule has 0 aromatic heterocycles. The van der Waals surface area contributed by atoms with Crippen LogP contribution in [0.2, 0.25) is 0 Å². The third-order valence-corrected chi connectivity index (χ3v) is 6.31. The standard InChI is InChI=1S/C27H26N/c28-27-14-6-13-23-25-16-15-21-20(10-4-9-19-7-2-1-3-8-19)11-5-12-22(21)24(25)17-18-26(23)27/h1-3,6-8,10,13-18,20H,4-5,9,11-12,28H2. The first-order valence-electron chi connectivity index (χ1n) is 10.4. The fraction of sp³-hybridized carbons (Fsp3) is 0.222. The molecule has 5 rings (SSSR count). The van der Waals surface area contributed by atoms with Gasteiger partial charge in [0.15, 0.2) is 0 Å². The molecule has 4 aromatic rings. The van der Waals surface area contributed by atoms with Crippen molar-refractivity contribution >= 4 is 27.2 Å². The minimum absolute atomic E-state index is 0.577. The van der Waals surface area contributed by atoms with Crippen LogP contribution in [-0.2, 0) is 12.8 Å². The molecule has 1 aliphatic rings. The molecule has 2 N–H and O–H groups in total. The van der Waals surface area contributed by atoms with Crippen LogP contribution in [0.3, 0.4) is 0 Å². The van der Waals surface area contributed by atoms with Gasteiger partial charge in [-0.2, -0.15) is 0 Å². The molecule has 0 bridgehead atoms. The first-order valence-corrected chi connectivity index (χ1v) is 10.4. The molecule has 0 saturated carbocycles. The smallest absolute Gasteiger partial charge is 0.0393 e. The second-order valence-electron chi connectivity index (χ2n) is 8.00. The Morgan fingerprint density at radius 1 is 0.786 bits per heavy atom. The van der Waals surface area contributed by atoms with E-state index in [1.54, 1.807) is 5.56 Å². The lowest BCUT2D eigenvalue weighted by Gasteiger charge is -2.27. The van der Waals surface area contributed by atoms with E-state index in [1.165, 1.54) is 46.5 Å². The summed E-state index contributed by atoms with van der Waals surface area (Å²) in [7, 11) is 0. The third kappa shape index (κ3) is 3.05. The number of anilines is 1. The van der Waals surface area contributed by atoms with Gasteiger partial charge in [-0.25, -0.2) is 0 Å². The number of fused-ring (bicyclic) bond motifs is 5. The maximum absolute atomic E-state index is 6.20. The summed E-state index contributed by atoms with van der Waals surface area (Å²) in [6.07, 6.45) is 8.55. The Hall–Kier alpha value is -2.80. The normalized spacial score (nSPS) is 16.4. The summed E-state index contributed by atoms with van der Waals surface area (Å²) in [5.41, 5.74) is 11.6. The summed E-state index contributed by atoms with van der Waals surface area (Å²) >= 11 is 0. The lowest BCUT2D eigenvalue weighted by atomic mass is 9.78. The van der Waals surface area contributed by atoms with Gasteiger partial charge in [0.1, 0.15) is 0 Å². The molecule has 28 heavy (non-hydrogen) atoms. The number of nitrogen functional groups attached to an aromatic ring is 1. The van der Waals surface area contributed by atoms with Crippen molar-refractivity contribution in [3.8, 4) is 0 Å². The molecular formula is C27H26N. The predicted octanol–water partition coefficient (Wildman–Crippen LogP) is 6.83. The van der Waals surface area contributed by atoms with Gasteiger partial charge in [-0.1, -0.05) is 66.7 Å². The van der Waals surface area contributed by atoms with Crippen LogP contribution in [0.1, 0.15) is 41.9 Å². The number of hydrogen-bond donors (Lipinski definition) is 1. The molecule has 139 valence electrons. The van der Waals surface area contributed by atoms with E-state index in [0.717, 1.165) is 23.9 Å². The molecule has 1 atom stereocenters. The van der Waals surface area contributed by atoms with E-state index in [4.69, 9.17) is 5.73 Å². The number of benzene rings is 4.